The third kappa shape index (κ3) is 2.60. The third-order valence-corrected chi connectivity index (χ3v) is 2.73. The number of hydrogen-bond donors (Lipinski definition) is 2. The van der Waals surface area contributed by atoms with Crippen LogP contribution in [0.3, 0.4) is 0 Å². The Hall–Kier alpha value is -2.29. The number of hydrogen-bond acceptors (Lipinski definition) is 8. The first-order valence-electron chi connectivity index (χ1n) is 5.98. The molecule has 9 heteroatoms. The van der Waals surface area contributed by atoms with Gasteiger partial charge >= 0.3 is 0 Å². The molecule has 0 bridgehead atoms. The van der Waals surface area contributed by atoms with E-state index < -0.39 is 0 Å². The molecule has 0 aromatic carbocycles. The van der Waals surface area contributed by atoms with E-state index in [1.54, 1.807) is 7.05 Å². The Morgan fingerprint density at radius 1 is 1.32 bits per heavy atom. The molecule has 0 saturated carbocycles. The van der Waals surface area contributed by atoms with Crippen LogP contribution in [0, 0.1) is 0 Å². The number of nitrogens with zero attached hydrogens (tertiary/aromatic N) is 6. The van der Waals surface area contributed by atoms with Crippen molar-refractivity contribution in [2.45, 2.75) is 12.5 Å². The molecule has 9 nitrogen and oxygen atoms in total. The monoisotopic (exact) mass is 262 g/mol. The lowest BCUT2D eigenvalue weighted by Crippen LogP contribution is -2.22. The van der Waals surface area contributed by atoms with E-state index in [1.807, 2.05) is 0 Å². The molecule has 0 amide bonds. The van der Waals surface area contributed by atoms with Crippen LogP contribution in [0.2, 0.25) is 0 Å². The number of aromatic nitrogens is 6. The van der Waals surface area contributed by atoms with Crippen molar-refractivity contribution < 1.29 is 4.74 Å². The fraction of sp³-hybridized carbons (Fsp3) is 0.500. The minimum Gasteiger partial charge on any atom is -0.379 e. The van der Waals surface area contributed by atoms with Crippen LogP contribution >= 0.6 is 0 Å². The van der Waals surface area contributed by atoms with E-state index in [4.69, 9.17) is 4.74 Å². The van der Waals surface area contributed by atoms with E-state index in [0.29, 0.717) is 24.5 Å². The Labute approximate surface area is 109 Å². The molecule has 0 radical (unpaired) electrons. The Morgan fingerprint density at radius 3 is 2.89 bits per heavy atom. The quantitative estimate of drug-likeness (QED) is 0.773. The summed E-state index contributed by atoms with van der Waals surface area (Å²) in [5.41, 5.74) is 0. The van der Waals surface area contributed by atoms with Gasteiger partial charge in [-0.25, -0.2) is 4.98 Å². The molecule has 2 N–H and O–H groups in total. The second-order valence-electron chi connectivity index (χ2n) is 4.08. The molecule has 1 aliphatic heterocycles. The summed E-state index contributed by atoms with van der Waals surface area (Å²) in [5.74, 6) is 1.39. The molecule has 1 unspecified atom stereocenters. The molecule has 100 valence electrons. The Balaban J connectivity index is 1.88. The zero-order chi connectivity index (χ0) is 13.1. The van der Waals surface area contributed by atoms with Crippen molar-refractivity contribution in [2.75, 3.05) is 30.9 Å². The highest BCUT2D eigenvalue weighted by Gasteiger charge is 2.17. The topological polar surface area (TPSA) is 103 Å². The Morgan fingerprint density at radius 2 is 2.21 bits per heavy atom. The lowest BCUT2D eigenvalue weighted by atomic mass is 10.3. The highest BCUT2D eigenvalue weighted by atomic mass is 16.5. The highest BCUT2D eigenvalue weighted by Crippen LogP contribution is 2.12. The molecule has 3 heterocycles. The van der Waals surface area contributed by atoms with Gasteiger partial charge in [-0.3, -0.25) is 0 Å². The van der Waals surface area contributed by atoms with Gasteiger partial charge in [0, 0.05) is 13.7 Å². The number of anilines is 2. The van der Waals surface area contributed by atoms with Crippen molar-refractivity contribution in [3.8, 4) is 5.95 Å². The zero-order valence-electron chi connectivity index (χ0n) is 10.4. The van der Waals surface area contributed by atoms with E-state index in [1.165, 1.54) is 17.3 Å². The van der Waals surface area contributed by atoms with Crippen LogP contribution in [0.4, 0.5) is 11.9 Å². The number of nitrogens with one attached hydrogen (secondary N) is 2. The predicted molar refractivity (Wildman–Crippen MR) is 67.1 cm³/mol. The van der Waals surface area contributed by atoms with E-state index in [9.17, 15) is 0 Å². The van der Waals surface area contributed by atoms with Crippen molar-refractivity contribution in [1.29, 1.82) is 0 Å². The van der Waals surface area contributed by atoms with Gasteiger partial charge in [0.15, 0.2) is 0 Å². The summed E-state index contributed by atoms with van der Waals surface area (Å²) in [6, 6.07) is 0.232. The SMILES string of the molecule is CNc1nc(NC2CCOC2)nc(-n2cncn2)n1. The Kier molecular flexibility index (Phi) is 3.19. The second kappa shape index (κ2) is 5.14. The van der Waals surface area contributed by atoms with Gasteiger partial charge in [-0.2, -0.15) is 24.7 Å². The summed E-state index contributed by atoms with van der Waals surface area (Å²) in [6.07, 6.45) is 3.91. The maximum Gasteiger partial charge on any atom is 0.258 e. The van der Waals surface area contributed by atoms with Gasteiger partial charge in [-0.15, -0.1) is 0 Å². The minimum atomic E-state index is 0.232. The smallest absolute Gasteiger partial charge is 0.258 e. The summed E-state index contributed by atoms with van der Waals surface area (Å²) in [6.45, 7) is 1.43. The second-order valence-corrected chi connectivity index (χ2v) is 4.08. The van der Waals surface area contributed by atoms with Crippen LogP contribution in [0.5, 0.6) is 0 Å². The summed E-state index contributed by atoms with van der Waals surface area (Å²) in [7, 11) is 1.75. The summed E-state index contributed by atoms with van der Waals surface area (Å²) in [5, 5.41) is 10.1. The van der Waals surface area contributed by atoms with Crippen molar-refractivity contribution in [3.05, 3.63) is 12.7 Å². The first-order chi connectivity index (χ1) is 9.35. The maximum atomic E-state index is 5.31. The van der Waals surface area contributed by atoms with Crippen molar-refractivity contribution in [1.82, 2.24) is 29.7 Å². The number of ether oxygens (including phenoxy) is 1. The first kappa shape index (κ1) is 11.8. The molecule has 2 aromatic heterocycles. The van der Waals surface area contributed by atoms with Crippen LogP contribution < -0.4 is 10.6 Å². The minimum absolute atomic E-state index is 0.232. The molecule has 1 fully saturated rings. The molecule has 0 aliphatic carbocycles. The fourth-order valence-electron chi connectivity index (χ4n) is 1.79. The highest BCUT2D eigenvalue weighted by molar-refractivity contribution is 5.37. The van der Waals surface area contributed by atoms with E-state index in [-0.39, 0.29) is 6.04 Å². The van der Waals surface area contributed by atoms with Crippen molar-refractivity contribution in [3.63, 3.8) is 0 Å². The zero-order valence-corrected chi connectivity index (χ0v) is 10.4. The average molecular weight is 262 g/mol. The van der Waals surface area contributed by atoms with Crippen molar-refractivity contribution >= 4 is 11.9 Å². The van der Waals surface area contributed by atoms with Gasteiger partial charge in [-0.1, -0.05) is 0 Å². The maximum absolute atomic E-state index is 5.31. The molecular formula is C10H14N8O. The van der Waals surface area contributed by atoms with Crippen LogP contribution in [0.15, 0.2) is 12.7 Å². The van der Waals surface area contributed by atoms with Gasteiger partial charge in [0.25, 0.3) is 5.95 Å². The van der Waals surface area contributed by atoms with Gasteiger partial charge in [0.2, 0.25) is 11.9 Å². The van der Waals surface area contributed by atoms with E-state index in [0.717, 1.165) is 13.0 Å². The van der Waals surface area contributed by atoms with E-state index >= 15 is 0 Å². The number of rotatable bonds is 4. The average Bonchev–Trinajstić information content (AvgIpc) is 3.11. The van der Waals surface area contributed by atoms with Gasteiger partial charge in [0.1, 0.15) is 12.7 Å². The Bertz CT molecular complexity index is 536. The first-order valence-corrected chi connectivity index (χ1v) is 5.98. The van der Waals surface area contributed by atoms with Crippen LogP contribution in [0.25, 0.3) is 5.95 Å². The van der Waals surface area contributed by atoms with Gasteiger partial charge < -0.3 is 15.4 Å². The molecule has 3 rings (SSSR count). The summed E-state index contributed by atoms with van der Waals surface area (Å²) < 4.78 is 6.80. The van der Waals surface area contributed by atoms with Gasteiger partial charge in [-0.05, 0) is 6.42 Å². The molecule has 19 heavy (non-hydrogen) atoms. The molecular weight excluding hydrogens is 248 g/mol. The normalized spacial score (nSPS) is 18.5. The molecule has 2 aromatic rings. The summed E-state index contributed by atoms with van der Waals surface area (Å²) in [4.78, 5) is 16.7. The molecule has 0 spiro atoms. The molecule has 1 atom stereocenters. The summed E-state index contributed by atoms with van der Waals surface area (Å²) >= 11 is 0. The third-order valence-electron chi connectivity index (χ3n) is 2.73. The lowest BCUT2D eigenvalue weighted by Gasteiger charge is -2.12. The largest absolute Gasteiger partial charge is 0.379 e. The molecule has 1 saturated heterocycles. The predicted octanol–water partition coefficient (Wildman–Crippen LogP) is -0.305. The molecule has 1 aliphatic rings. The van der Waals surface area contributed by atoms with Crippen molar-refractivity contribution in [2.24, 2.45) is 0 Å². The fourth-order valence-corrected chi connectivity index (χ4v) is 1.79. The standard InChI is InChI=1S/C10H14N8O/c1-11-8-15-9(14-7-2-3-19-4-7)17-10(16-8)18-6-12-5-13-18/h5-7H,2-4H2,1H3,(H2,11,14,15,16,17). The lowest BCUT2D eigenvalue weighted by molar-refractivity contribution is 0.195. The van der Waals surface area contributed by atoms with Crippen LogP contribution in [-0.2, 0) is 4.74 Å². The van der Waals surface area contributed by atoms with Crippen LogP contribution in [0.1, 0.15) is 6.42 Å². The van der Waals surface area contributed by atoms with Crippen LogP contribution in [-0.4, -0.2) is 56.0 Å². The van der Waals surface area contributed by atoms with E-state index in [2.05, 4.69) is 35.7 Å². The van der Waals surface area contributed by atoms with Gasteiger partial charge in [0.05, 0.1) is 12.6 Å².